The molecule has 1 N–H and O–H groups in total. The number of carbonyl (C=O) groups excluding carboxylic acids is 2. The van der Waals surface area contributed by atoms with Crippen molar-refractivity contribution < 1.29 is 18.0 Å². The van der Waals surface area contributed by atoms with Gasteiger partial charge in [-0.15, -0.1) is 0 Å². The Morgan fingerprint density at radius 3 is 2.58 bits per heavy atom. The predicted molar refractivity (Wildman–Crippen MR) is 117 cm³/mol. The Kier molecular flexibility index (Phi) is 5.88. The summed E-state index contributed by atoms with van der Waals surface area (Å²) in [5.41, 5.74) is 4.15. The highest BCUT2D eigenvalue weighted by molar-refractivity contribution is 7.91. The van der Waals surface area contributed by atoms with Gasteiger partial charge < -0.3 is 10.2 Å². The number of carbonyl (C=O) groups is 2. The van der Waals surface area contributed by atoms with E-state index >= 15 is 0 Å². The number of hydrogen-bond donors (Lipinski definition) is 1. The molecule has 3 heterocycles. The summed E-state index contributed by atoms with van der Waals surface area (Å²) in [7, 11) is -3.06. The summed E-state index contributed by atoms with van der Waals surface area (Å²) < 4.78 is 25.3. The van der Waals surface area contributed by atoms with Gasteiger partial charge in [0.15, 0.2) is 9.84 Å². The number of hydrogen-bond acceptors (Lipinski definition) is 5. The third-order valence-corrected chi connectivity index (χ3v) is 7.83. The number of nitrogens with one attached hydrogen (secondary N) is 1. The first-order valence-electron chi connectivity index (χ1n) is 10.6. The van der Waals surface area contributed by atoms with Crippen LogP contribution in [0.5, 0.6) is 0 Å². The Morgan fingerprint density at radius 1 is 1.23 bits per heavy atom. The van der Waals surface area contributed by atoms with E-state index in [0.29, 0.717) is 25.9 Å². The lowest BCUT2D eigenvalue weighted by Crippen LogP contribution is -2.39. The first-order valence-corrected chi connectivity index (χ1v) is 12.4. The highest BCUT2D eigenvalue weighted by atomic mass is 32.2. The molecule has 2 saturated heterocycles. The Morgan fingerprint density at radius 2 is 1.97 bits per heavy atom. The molecule has 8 nitrogen and oxygen atoms in total. The number of sulfone groups is 1. The van der Waals surface area contributed by atoms with Gasteiger partial charge in [0, 0.05) is 31.2 Å². The van der Waals surface area contributed by atoms with Gasteiger partial charge in [-0.05, 0) is 50.5 Å². The Labute approximate surface area is 182 Å². The fraction of sp³-hybridized carbons (Fsp3) is 0.500. The summed E-state index contributed by atoms with van der Waals surface area (Å²) in [5, 5.41) is 7.41. The third-order valence-electron chi connectivity index (χ3n) is 6.08. The number of rotatable bonds is 6. The van der Waals surface area contributed by atoms with E-state index in [2.05, 4.69) is 10.4 Å². The SMILES string of the molecule is Cc1cc(C)n(-c2ccc(CCNC(=O)[C@H]3CC(=O)N([C@@H]4CCS(=O)(=O)C4)C3)cc2)n1. The van der Waals surface area contributed by atoms with Crippen molar-refractivity contribution in [3.63, 3.8) is 0 Å². The van der Waals surface area contributed by atoms with Crippen LogP contribution in [0, 0.1) is 19.8 Å². The normalized spacial score (nSPS) is 22.8. The van der Waals surface area contributed by atoms with Crippen LogP contribution in [0.15, 0.2) is 30.3 Å². The van der Waals surface area contributed by atoms with Crippen LogP contribution in [0.25, 0.3) is 5.69 Å². The topological polar surface area (TPSA) is 101 Å². The molecule has 2 amide bonds. The molecule has 2 aliphatic heterocycles. The van der Waals surface area contributed by atoms with Crippen LogP contribution >= 0.6 is 0 Å². The smallest absolute Gasteiger partial charge is 0.225 e. The molecule has 1 aromatic heterocycles. The van der Waals surface area contributed by atoms with Gasteiger partial charge in [0.25, 0.3) is 0 Å². The van der Waals surface area contributed by atoms with E-state index in [0.717, 1.165) is 22.6 Å². The van der Waals surface area contributed by atoms with Gasteiger partial charge in [-0.25, -0.2) is 13.1 Å². The maximum absolute atomic E-state index is 12.5. The molecule has 2 fully saturated rings. The highest BCUT2D eigenvalue weighted by Crippen LogP contribution is 2.26. The second kappa shape index (κ2) is 8.45. The van der Waals surface area contributed by atoms with Gasteiger partial charge in [0.1, 0.15) is 0 Å². The molecule has 2 atom stereocenters. The van der Waals surface area contributed by atoms with Crippen LogP contribution in [0.4, 0.5) is 0 Å². The standard InChI is InChI=1S/C22H28N4O4S/c1-15-11-16(2)26(24-15)19-5-3-17(4-6-19)7-9-23-22(28)18-12-21(27)25(13-18)20-8-10-31(29,30)14-20/h3-6,11,18,20H,7-10,12-14H2,1-2H3,(H,23,28)/t18-,20+/m0/s1. The van der Waals surface area contributed by atoms with Crippen LogP contribution in [0.2, 0.25) is 0 Å². The van der Waals surface area contributed by atoms with Crippen LogP contribution in [0.3, 0.4) is 0 Å². The Hall–Kier alpha value is -2.68. The van der Waals surface area contributed by atoms with E-state index in [1.807, 2.05) is 48.9 Å². The van der Waals surface area contributed by atoms with Crippen molar-refractivity contribution in [2.45, 2.75) is 39.2 Å². The minimum Gasteiger partial charge on any atom is -0.355 e. The van der Waals surface area contributed by atoms with Crippen molar-refractivity contribution in [3.8, 4) is 5.69 Å². The number of aromatic nitrogens is 2. The van der Waals surface area contributed by atoms with E-state index < -0.39 is 15.8 Å². The summed E-state index contributed by atoms with van der Waals surface area (Å²) in [6, 6.07) is 9.83. The predicted octanol–water partition coefficient (Wildman–Crippen LogP) is 1.18. The summed E-state index contributed by atoms with van der Waals surface area (Å²) in [6.45, 7) is 4.78. The maximum atomic E-state index is 12.5. The van der Waals surface area contributed by atoms with E-state index in [9.17, 15) is 18.0 Å². The second-order valence-electron chi connectivity index (χ2n) is 8.55. The highest BCUT2D eigenvalue weighted by Gasteiger charge is 2.41. The summed E-state index contributed by atoms with van der Waals surface area (Å²) in [5.74, 6) is -0.542. The Bertz CT molecular complexity index is 1090. The fourth-order valence-electron chi connectivity index (χ4n) is 4.45. The zero-order valence-corrected chi connectivity index (χ0v) is 18.7. The molecule has 1 aromatic carbocycles. The number of benzene rings is 1. The van der Waals surface area contributed by atoms with Crippen molar-refractivity contribution in [1.29, 1.82) is 0 Å². The van der Waals surface area contributed by atoms with Crippen molar-refractivity contribution in [3.05, 3.63) is 47.3 Å². The maximum Gasteiger partial charge on any atom is 0.225 e. The minimum atomic E-state index is -3.06. The molecule has 4 rings (SSSR count). The number of amides is 2. The molecule has 0 unspecified atom stereocenters. The van der Waals surface area contributed by atoms with Crippen molar-refractivity contribution in [1.82, 2.24) is 20.0 Å². The first-order chi connectivity index (χ1) is 14.7. The van der Waals surface area contributed by atoms with Gasteiger partial charge in [0.05, 0.1) is 28.8 Å². The van der Waals surface area contributed by atoms with E-state index in [1.165, 1.54) is 0 Å². The molecule has 0 bridgehead atoms. The third kappa shape index (κ3) is 4.81. The van der Waals surface area contributed by atoms with Crippen molar-refractivity contribution in [2.75, 3.05) is 24.6 Å². The summed E-state index contributed by atoms with van der Waals surface area (Å²) in [6.07, 6.45) is 1.31. The zero-order chi connectivity index (χ0) is 22.2. The number of aryl methyl sites for hydroxylation is 2. The van der Waals surface area contributed by atoms with Gasteiger partial charge in [-0.3, -0.25) is 9.59 Å². The lowest BCUT2D eigenvalue weighted by molar-refractivity contribution is -0.130. The molecule has 0 saturated carbocycles. The van der Waals surface area contributed by atoms with Gasteiger partial charge >= 0.3 is 0 Å². The molecule has 2 aromatic rings. The van der Waals surface area contributed by atoms with Crippen LogP contribution in [-0.4, -0.2) is 65.5 Å². The van der Waals surface area contributed by atoms with Crippen molar-refractivity contribution in [2.24, 2.45) is 5.92 Å². The van der Waals surface area contributed by atoms with Gasteiger partial charge in [-0.1, -0.05) is 12.1 Å². The zero-order valence-electron chi connectivity index (χ0n) is 17.9. The molecular weight excluding hydrogens is 416 g/mol. The lowest BCUT2D eigenvalue weighted by Gasteiger charge is -2.22. The Balaban J connectivity index is 1.27. The van der Waals surface area contributed by atoms with Gasteiger partial charge in [0.2, 0.25) is 11.8 Å². The second-order valence-corrected chi connectivity index (χ2v) is 10.8. The largest absolute Gasteiger partial charge is 0.355 e. The van der Waals surface area contributed by atoms with Gasteiger partial charge in [-0.2, -0.15) is 5.10 Å². The van der Waals surface area contributed by atoms with E-state index in [4.69, 9.17) is 0 Å². The number of nitrogens with zero attached hydrogens (tertiary/aromatic N) is 3. The molecule has 0 radical (unpaired) electrons. The summed E-state index contributed by atoms with van der Waals surface area (Å²) in [4.78, 5) is 26.4. The molecule has 31 heavy (non-hydrogen) atoms. The first kappa shape index (κ1) is 21.5. The van der Waals surface area contributed by atoms with E-state index in [-0.39, 0.29) is 35.8 Å². The minimum absolute atomic E-state index is 0.0146. The monoisotopic (exact) mass is 444 g/mol. The van der Waals surface area contributed by atoms with E-state index in [1.54, 1.807) is 4.90 Å². The molecule has 0 aliphatic carbocycles. The fourth-order valence-corrected chi connectivity index (χ4v) is 6.18. The van der Waals surface area contributed by atoms with Crippen LogP contribution in [0.1, 0.15) is 29.8 Å². The average Bonchev–Trinajstić information content (AvgIpc) is 3.38. The van der Waals surface area contributed by atoms with Crippen LogP contribution in [-0.2, 0) is 25.8 Å². The quantitative estimate of drug-likeness (QED) is 0.721. The van der Waals surface area contributed by atoms with Crippen LogP contribution < -0.4 is 5.32 Å². The number of likely N-dealkylation sites (tertiary alicyclic amines) is 1. The molecule has 2 aliphatic rings. The van der Waals surface area contributed by atoms with Crippen molar-refractivity contribution >= 4 is 21.7 Å². The summed E-state index contributed by atoms with van der Waals surface area (Å²) >= 11 is 0. The average molecular weight is 445 g/mol. The molecule has 9 heteroatoms. The molecule has 0 spiro atoms. The molecule has 166 valence electrons. The molecular formula is C22H28N4O4S. The lowest BCUT2D eigenvalue weighted by atomic mass is 10.1.